The van der Waals surface area contributed by atoms with E-state index in [4.69, 9.17) is 9.84 Å². The molecule has 1 aromatic carbocycles. The van der Waals surface area contributed by atoms with Crippen LogP contribution in [0.2, 0.25) is 0 Å². The number of esters is 1. The second-order valence-corrected chi connectivity index (χ2v) is 6.92. The zero-order valence-corrected chi connectivity index (χ0v) is 19.0. The van der Waals surface area contributed by atoms with Crippen molar-refractivity contribution in [2.24, 2.45) is 5.41 Å². The average molecular weight is 452 g/mol. The fourth-order valence-electron chi connectivity index (χ4n) is 2.66. The van der Waals surface area contributed by atoms with Crippen molar-refractivity contribution in [3.8, 4) is 5.75 Å². The lowest BCUT2D eigenvalue weighted by molar-refractivity contribution is -0.110. The summed E-state index contributed by atoms with van der Waals surface area (Å²) in [5, 5.41) is 7.00. The molecule has 0 atom stereocenters. The Morgan fingerprint density at radius 1 is 1.23 bits per heavy atom. The lowest BCUT2D eigenvalue weighted by Gasteiger charge is -2.24. The predicted molar refractivity (Wildman–Crippen MR) is 112 cm³/mol. The highest BCUT2D eigenvalue weighted by atomic mass is 19.4. The zero-order chi connectivity index (χ0) is 24.8. The van der Waals surface area contributed by atoms with Crippen molar-refractivity contribution in [1.29, 1.82) is 0 Å². The van der Waals surface area contributed by atoms with Crippen molar-refractivity contribution in [3.05, 3.63) is 35.2 Å². The van der Waals surface area contributed by atoms with Gasteiger partial charge in [-0.15, -0.1) is 0 Å². The monoisotopic (exact) mass is 452 g/mol. The number of rotatable bonds is 4. The van der Waals surface area contributed by atoms with Gasteiger partial charge in [-0.2, -0.15) is 13.2 Å². The molecule has 0 fully saturated rings. The van der Waals surface area contributed by atoms with E-state index in [1.54, 1.807) is 0 Å². The molecule has 178 valence electrons. The molecule has 1 N–H and O–H groups in total. The van der Waals surface area contributed by atoms with Crippen molar-refractivity contribution in [2.45, 2.75) is 53.1 Å². The van der Waals surface area contributed by atoms with Gasteiger partial charge in [-0.1, -0.05) is 26.8 Å². The third-order valence-electron chi connectivity index (χ3n) is 4.00. The molecule has 0 bridgehead atoms. The van der Waals surface area contributed by atoms with E-state index in [0.717, 1.165) is 37.4 Å². The van der Waals surface area contributed by atoms with Crippen LogP contribution in [0, 0.1) is 11.2 Å². The number of aldehydes is 1. The molecule has 1 aliphatic carbocycles. The summed E-state index contributed by atoms with van der Waals surface area (Å²) in [5.74, 6) is -0.868. The number of methoxy groups -OCH3 is 2. The van der Waals surface area contributed by atoms with Crippen LogP contribution < -0.4 is 4.74 Å². The van der Waals surface area contributed by atoms with Crippen molar-refractivity contribution in [2.75, 3.05) is 21.3 Å². The van der Waals surface area contributed by atoms with Crippen LogP contribution >= 0.6 is 0 Å². The minimum Gasteiger partial charge on any atom is -0.496 e. The number of allylic oxidation sites excluding steroid dienone is 2. The third-order valence-corrected chi connectivity index (χ3v) is 4.00. The van der Waals surface area contributed by atoms with Crippen LogP contribution in [0.3, 0.4) is 0 Å². The number of halogens is 4. The molecular weight excluding hydrogens is 420 g/mol. The molecule has 1 aliphatic rings. The number of aliphatic hydroxyl groups excluding tert-OH is 1. The molecule has 5 nitrogen and oxygen atoms in total. The Hall–Kier alpha value is -2.42. The van der Waals surface area contributed by atoms with E-state index < -0.39 is 18.0 Å². The van der Waals surface area contributed by atoms with E-state index in [9.17, 15) is 27.2 Å². The van der Waals surface area contributed by atoms with E-state index >= 15 is 0 Å². The number of hydrogen-bond donors (Lipinski definition) is 1. The minimum atomic E-state index is -4.00. The van der Waals surface area contributed by atoms with E-state index in [0.29, 0.717) is 12.2 Å². The summed E-state index contributed by atoms with van der Waals surface area (Å²) in [6.45, 7) is 6.26. The molecule has 2 rings (SSSR count). The molecular formula is C22H32F4O5. The zero-order valence-electron chi connectivity index (χ0n) is 19.0. The van der Waals surface area contributed by atoms with Gasteiger partial charge in [-0.05, 0) is 29.9 Å². The molecule has 0 heterocycles. The van der Waals surface area contributed by atoms with Gasteiger partial charge in [0.25, 0.3) is 0 Å². The highest BCUT2D eigenvalue weighted by Gasteiger charge is 2.31. The maximum atomic E-state index is 13.9. The molecule has 0 spiro atoms. The molecule has 0 radical (unpaired) electrons. The van der Waals surface area contributed by atoms with Gasteiger partial charge in [0.15, 0.2) is 0 Å². The Balaban J connectivity index is 0. The number of ether oxygens (including phenoxy) is 2. The van der Waals surface area contributed by atoms with E-state index in [1.807, 2.05) is 6.92 Å². The van der Waals surface area contributed by atoms with E-state index in [-0.39, 0.29) is 17.9 Å². The number of hydrogen-bond acceptors (Lipinski definition) is 5. The first-order valence-corrected chi connectivity index (χ1v) is 9.44. The molecule has 0 aromatic heterocycles. The molecule has 0 unspecified atom stereocenters. The quantitative estimate of drug-likeness (QED) is 0.366. The first kappa shape index (κ1) is 30.8. The van der Waals surface area contributed by atoms with Crippen LogP contribution in [-0.4, -0.2) is 44.9 Å². The van der Waals surface area contributed by atoms with Crippen LogP contribution in [0.15, 0.2) is 18.2 Å². The Labute approximate surface area is 181 Å². The number of benzene rings is 1. The Morgan fingerprint density at radius 3 is 2.03 bits per heavy atom. The summed E-state index contributed by atoms with van der Waals surface area (Å²) in [5.41, 5.74) is 1.77. The first-order chi connectivity index (χ1) is 14.3. The minimum absolute atomic E-state index is 0.0154. The van der Waals surface area contributed by atoms with Crippen molar-refractivity contribution < 1.29 is 41.7 Å². The summed E-state index contributed by atoms with van der Waals surface area (Å²) in [4.78, 5) is 20.8. The average Bonchev–Trinajstić information content (AvgIpc) is 3.06. The van der Waals surface area contributed by atoms with Crippen LogP contribution in [0.5, 0.6) is 5.75 Å². The maximum absolute atomic E-state index is 13.9. The maximum Gasteiger partial charge on any atom is 0.386 e. The van der Waals surface area contributed by atoms with E-state index in [1.165, 1.54) is 26.4 Å². The Kier molecular flexibility index (Phi) is 14.5. The smallest absolute Gasteiger partial charge is 0.386 e. The van der Waals surface area contributed by atoms with Gasteiger partial charge in [-0.3, -0.25) is 0 Å². The fourth-order valence-corrected chi connectivity index (χ4v) is 2.66. The SMILES string of the molecule is CC(F)(F)F.CCC=O.CO.COC(=O)c1cc(C2=CCCC2(C)C)c(OC)cc1F. The molecule has 9 heteroatoms. The number of aliphatic hydroxyl groups is 1. The standard InChI is InChI=1S/C16H19FO3.C3H6O.C2H3F3.CH4O/c1-16(2)7-5-6-12(16)10-8-11(15(18)20-4)13(17)9-14(10)19-3;1-2-3-4;1-2(3,4)5;1-2/h6,8-9H,5,7H2,1-4H3;3H,2H2,1H3;1H3;2H,1H3. The van der Waals surface area contributed by atoms with E-state index in [2.05, 4.69) is 24.7 Å². The summed E-state index contributed by atoms with van der Waals surface area (Å²) >= 11 is 0. The van der Waals surface area contributed by atoms with Gasteiger partial charge in [-0.25, -0.2) is 9.18 Å². The molecule has 0 aliphatic heterocycles. The fraction of sp³-hybridized carbons (Fsp3) is 0.545. The van der Waals surface area contributed by atoms with Gasteiger partial charge in [0, 0.05) is 32.1 Å². The summed E-state index contributed by atoms with van der Waals surface area (Å²) in [7, 11) is 3.74. The highest BCUT2D eigenvalue weighted by molar-refractivity contribution is 5.92. The largest absolute Gasteiger partial charge is 0.496 e. The van der Waals surface area contributed by atoms with Gasteiger partial charge >= 0.3 is 12.1 Å². The highest BCUT2D eigenvalue weighted by Crippen LogP contribution is 2.47. The Bertz CT molecular complexity index is 719. The van der Waals surface area contributed by atoms with Crippen LogP contribution in [-0.2, 0) is 9.53 Å². The molecule has 0 saturated heterocycles. The van der Waals surface area contributed by atoms with Crippen molar-refractivity contribution in [1.82, 2.24) is 0 Å². The Morgan fingerprint density at radius 2 is 1.71 bits per heavy atom. The topological polar surface area (TPSA) is 72.8 Å². The van der Waals surface area contributed by atoms with Crippen molar-refractivity contribution >= 4 is 17.8 Å². The molecule has 0 amide bonds. The second kappa shape index (κ2) is 14.6. The predicted octanol–water partition coefficient (Wildman–Crippen LogP) is 5.60. The number of alkyl halides is 3. The van der Waals surface area contributed by atoms with Gasteiger partial charge < -0.3 is 19.4 Å². The number of carbonyl (C=O) groups is 2. The van der Waals surface area contributed by atoms with Gasteiger partial charge in [0.1, 0.15) is 17.9 Å². The van der Waals surface area contributed by atoms with Crippen LogP contribution in [0.1, 0.15) is 62.9 Å². The van der Waals surface area contributed by atoms with Crippen LogP contribution in [0.4, 0.5) is 17.6 Å². The normalized spacial score (nSPS) is 13.7. The lowest BCUT2D eigenvalue weighted by atomic mass is 9.81. The number of carbonyl (C=O) groups excluding carboxylic acids is 2. The molecule has 0 saturated carbocycles. The van der Waals surface area contributed by atoms with Gasteiger partial charge in [0.2, 0.25) is 0 Å². The van der Waals surface area contributed by atoms with Crippen molar-refractivity contribution in [3.63, 3.8) is 0 Å². The van der Waals surface area contributed by atoms with Gasteiger partial charge in [0.05, 0.1) is 19.8 Å². The summed E-state index contributed by atoms with van der Waals surface area (Å²) < 4.78 is 54.9. The second-order valence-electron chi connectivity index (χ2n) is 6.92. The lowest BCUT2D eigenvalue weighted by Crippen LogP contribution is -2.12. The third kappa shape index (κ3) is 11.5. The summed E-state index contributed by atoms with van der Waals surface area (Å²) in [6.07, 6.45) is 1.63. The first-order valence-electron chi connectivity index (χ1n) is 9.44. The van der Waals surface area contributed by atoms with Crippen LogP contribution in [0.25, 0.3) is 5.57 Å². The molecule has 31 heavy (non-hydrogen) atoms. The summed E-state index contributed by atoms with van der Waals surface area (Å²) in [6, 6.07) is 2.77. The molecule has 1 aromatic rings.